The first-order chi connectivity index (χ1) is 13.6. The van der Waals surface area contributed by atoms with Gasteiger partial charge in [0, 0.05) is 5.92 Å². The fraction of sp³-hybridized carbons (Fsp3) is 0.292. The van der Waals surface area contributed by atoms with Gasteiger partial charge in [0.05, 0.1) is 12.5 Å². The van der Waals surface area contributed by atoms with Crippen molar-refractivity contribution in [3.8, 4) is 0 Å². The Hall–Kier alpha value is -3.01. The molecule has 0 amide bonds. The summed E-state index contributed by atoms with van der Waals surface area (Å²) in [6.07, 6.45) is 4.57. The van der Waals surface area contributed by atoms with Gasteiger partial charge >= 0.3 is 5.97 Å². The molecule has 0 bridgehead atoms. The Kier molecular flexibility index (Phi) is 6.53. The van der Waals surface area contributed by atoms with Gasteiger partial charge in [-0.25, -0.2) is 0 Å². The molecule has 1 aliphatic rings. The average molecular weight is 376 g/mol. The van der Waals surface area contributed by atoms with E-state index in [0.717, 1.165) is 11.1 Å². The second-order valence-electron chi connectivity index (χ2n) is 7.17. The lowest BCUT2D eigenvalue weighted by molar-refractivity contribution is -0.146. The van der Waals surface area contributed by atoms with Crippen molar-refractivity contribution in [2.75, 3.05) is 6.61 Å². The van der Waals surface area contributed by atoms with Crippen LogP contribution >= 0.6 is 0 Å². The summed E-state index contributed by atoms with van der Waals surface area (Å²) in [4.78, 5) is 37.5. The highest BCUT2D eigenvalue weighted by atomic mass is 16.5. The van der Waals surface area contributed by atoms with Crippen LogP contribution in [-0.2, 0) is 25.5 Å². The van der Waals surface area contributed by atoms with Crippen LogP contribution in [0.1, 0.15) is 24.5 Å². The highest BCUT2D eigenvalue weighted by Gasteiger charge is 2.45. The van der Waals surface area contributed by atoms with Crippen LogP contribution in [-0.4, -0.2) is 24.1 Å². The maximum atomic E-state index is 13.1. The summed E-state index contributed by atoms with van der Waals surface area (Å²) < 4.78 is 5.19. The molecule has 0 spiro atoms. The van der Waals surface area contributed by atoms with Crippen molar-refractivity contribution in [3.05, 3.63) is 77.9 Å². The lowest BCUT2D eigenvalue weighted by Crippen LogP contribution is -2.35. The predicted molar refractivity (Wildman–Crippen MR) is 107 cm³/mol. The number of allylic oxidation sites excluding steroid dienone is 1. The molecule has 0 saturated carbocycles. The fourth-order valence-corrected chi connectivity index (χ4v) is 3.61. The second kappa shape index (κ2) is 9.27. The summed E-state index contributed by atoms with van der Waals surface area (Å²) in [6.45, 7) is 1.63. The summed E-state index contributed by atoms with van der Waals surface area (Å²) in [5.41, 5.74) is 2.05. The van der Waals surface area contributed by atoms with Gasteiger partial charge in [-0.3, -0.25) is 14.4 Å². The van der Waals surface area contributed by atoms with Crippen molar-refractivity contribution in [1.82, 2.24) is 0 Å². The molecule has 4 nitrogen and oxygen atoms in total. The molecule has 1 heterocycles. The number of rotatable bonds is 8. The van der Waals surface area contributed by atoms with Crippen LogP contribution in [0.4, 0.5) is 0 Å². The average Bonchev–Trinajstić information content (AvgIpc) is 3.06. The number of esters is 1. The molecule has 1 unspecified atom stereocenters. The maximum Gasteiger partial charge on any atom is 0.316 e. The highest BCUT2D eigenvalue weighted by Crippen LogP contribution is 2.30. The third kappa shape index (κ3) is 4.83. The van der Waals surface area contributed by atoms with E-state index in [1.54, 1.807) is 0 Å². The number of hydrogen-bond donors (Lipinski definition) is 0. The van der Waals surface area contributed by atoms with Crippen molar-refractivity contribution in [2.24, 2.45) is 17.8 Å². The van der Waals surface area contributed by atoms with Crippen LogP contribution in [0.3, 0.4) is 0 Å². The van der Waals surface area contributed by atoms with Crippen LogP contribution in [0.25, 0.3) is 6.08 Å². The minimum absolute atomic E-state index is 0.217. The summed E-state index contributed by atoms with van der Waals surface area (Å²) in [6, 6.07) is 19.4. The Bertz CT molecular complexity index is 855. The molecule has 1 aliphatic heterocycles. The SMILES string of the molecule is CC(=O)[C@@H](C/C=C/c1ccccc1)C(=O)C1C(=O)OC[C@@H]1Cc1ccccc1. The molecule has 2 aromatic rings. The summed E-state index contributed by atoms with van der Waals surface area (Å²) in [5, 5.41) is 0. The van der Waals surface area contributed by atoms with E-state index in [0.29, 0.717) is 6.42 Å². The molecule has 3 atom stereocenters. The van der Waals surface area contributed by atoms with E-state index in [1.807, 2.05) is 72.8 Å². The fourth-order valence-electron chi connectivity index (χ4n) is 3.61. The molecule has 4 heteroatoms. The number of carbonyl (C=O) groups excluding carboxylic acids is 3. The Balaban J connectivity index is 1.72. The molecule has 0 N–H and O–H groups in total. The third-order valence-corrected chi connectivity index (χ3v) is 5.13. The topological polar surface area (TPSA) is 60.4 Å². The molecule has 28 heavy (non-hydrogen) atoms. The lowest BCUT2D eigenvalue weighted by atomic mass is 9.79. The molecule has 2 aromatic carbocycles. The van der Waals surface area contributed by atoms with Gasteiger partial charge in [-0.1, -0.05) is 72.8 Å². The zero-order valence-electron chi connectivity index (χ0n) is 15.9. The number of ether oxygens (including phenoxy) is 1. The number of cyclic esters (lactones) is 1. The normalized spacial score (nSPS) is 20.1. The summed E-state index contributed by atoms with van der Waals surface area (Å²) in [5.74, 6) is -2.99. The van der Waals surface area contributed by atoms with Crippen LogP contribution in [0.5, 0.6) is 0 Å². The minimum Gasteiger partial charge on any atom is -0.465 e. The summed E-state index contributed by atoms with van der Waals surface area (Å²) >= 11 is 0. The molecular formula is C24H24O4. The lowest BCUT2D eigenvalue weighted by Gasteiger charge is -2.18. The second-order valence-corrected chi connectivity index (χ2v) is 7.17. The van der Waals surface area contributed by atoms with E-state index in [1.165, 1.54) is 6.92 Å². The smallest absolute Gasteiger partial charge is 0.316 e. The largest absolute Gasteiger partial charge is 0.465 e. The molecule has 0 aromatic heterocycles. The zero-order valence-corrected chi connectivity index (χ0v) is 15.9. The molecule has 1 fully saturated rings. The van der Waals surface area contributed by atoms with E-state index in [-0.39, 0.29) is 30.5 Å². The standard InChI is InChI=1S/C24H24O4/c1-17(25)21(14-8-13-18-9-4-2-5-10-18)23(26)22-20(16-28-24(22)27)15-19-11-6-3-7-12-19/h2-13,20-22H,14-16H2,1H3/b13-8+/t20-,21+,22?/m0/s1. The zero-order chi connectivity index (χ0) is 19.9. The Labute approximate surface area is 165 Å². The van der Waals surface area contributed by atoms with Crippen molar-refractivity contribution in [2.45, 2.75) is 19.8 Å². The van der Waals surface area contributed by atoms with Crippen LogP contribution in [0, 0.1) is 17.8 Å². The van der Waals surface area contributed by atoms with Gasteiger partial charge < -0.3 is 4.74 Å². The highest BCUT2D eigenvalue weighted by molar-refractivity contribution is 6.10. The number of benzene rings is 2. The van der Waals surface area contributed by atoms with Gasteiger partial charge in [0.2, 0.25) is 0 Å². The number of Topliss-reactive ketones (excluding diaryl/α,β-unsaturated/α-hetero) is 2. The first-order valence-corrected chi connectivity index (χ1v) is 9.52. The van der Waals surface area contributed by atoms with Gasteiger partial charge in [0.15, 0.2) is 5.78 Å². The van der Waals surface area contributed by atoms with Crippen molar-refractivity contribution in [3.63, 3.8) is 0 Å². The van der Waals surface area contributed by atoms with Crippen molar-refractivity contribution in [1.29, 1.82) is 0 Å². The van der Waals surface area contributed by atoms with Crippen LogP contribution in [0.2, 0.25) is 0 Å². The Morgan fingerprint density at radius 1 is 1.07 bits per heavy atom. The van der Waals surface area contributed by atoms with Gasteiger partial charge in [-0.15, -0.1) is 0 Å². The van der Waals surface area contributed by atoms with Gasteiger partial charge in [-0.05, 0) is 30.9 Å². The summed E-state index contributed by atoms with van der Waals surface area (Å²) in [7, 11) is 0. The van der Waals surface area contributed by atoms with Crippen molar-refractivity contribution < 1.29 is 19.1 Å². The van der Waals surface area contributed by atoms with E-state index in [9.17, 15) is 14.4 Å². The number of hydrogen-bond acceptors (Lipinski definition) is 4. The van der Waals surface area contributed by atoms with E-state index in [2.05, 4.69) is 0 Å². The Morgan fingerprint density at radius 3 is 2.36 bits per heavy atom. The predicted octanol–water partition coefficient (Wildman–Crippen LogP) is 3.90. The molecular weight excluding hydrogens is 352 g/mol. The number of carbonyl (C=O) groups is 3. The molecule has 0 aliphatic carbocycles. The first kappa shape index (κ1) is 19.7. The first-order valence-electron chi connectivity index (χ1n) is 9.52. The van der Waals surface area contributed by atoms with E-state index < -0.39 is 17.8 Å². The third-order valence-electron chi connectivity index (χ3n) is 5.13. The van der Waals surface area contributed by atoms with Crippen LogP contribution < -0.4 is 0 Å². The Morgan fingerprint density at radius 2 is 1.71 bits per heavy atom. The van der Waals surface area contributed by atoms with Crippen molar-refractivity contribution >= 4 is 23.6 Å². The molecule has 3 rings (SSSR count). The minimum atomic E-state index is -0.876. The number of ketones is 2. The quantitative estimate of drug-likeness (QED) is 0.518. The molecule has 144 valence electrons. The van der Waals surface area contributed by atoms with Crippen LogP contribution in [0.15, 0.2) is 66.7 Å². The van der Waals surface area contributed by atoms with Gasteiger partial charge in [0.1, 0.15) is 11.7 Å². The van der Waals surface area contributed by atoms with E-state index in [4.69, 9.17) is 4.74 Å². The maximum absolute atomic E-state index is 13.1. The van der Waals surface area contributed by atoms with Gasteiger partial charge in [-0.2, -0.15) is 0 Å². The molecule has 0 radical (unpaired) electrons. The molecule has 1 saturated heterocycles. The van der Waals surface area contributed by atoms with Gasteiger partial charge in [0.25, 0.3) is 0 Å². The van der Waals surface area contributed by atoms with E-state index >= 15 is 0 Å². The monoisotopic (exact) mass is 376 g/mol.